The summed E-state index contributed by atoms with van der Waals surface area (Å²) >= 11 is 1.27. The van der Waals surface area contributed by atoms with Crippen LogP contribution >= 0.6 is 11.3 Å². The summed E-state index contributed by atoms with van der Waals surface area (Å²) in [6, 6.07) is 9.58. The van der Waals surface area contributed by atoms with E-state index in [9.17, 15) is 9.18 Å². The van der Waals surface area contributed by atoms with Gasteiger partial charge in [-0.05, 0) is 43.3 Å². The Morgan fingerprint density at radius 1 is 1.36 bits per heavy atom. The maximum absolute atomic E-state index is 13.1. The van der Waals surface area contributed by atoms with Crippen LogP contribution in [0.15, 0.2) is 47.1 Å². The van der Waals surface area contributed by atoms with Gasteiger partial charge in [-0.1, -0.05) is 5.92 Å². The molecule has 25 heavy (non-hydrogen) atoms. The van der Waals surface area contributed by atoms with Gasteiger partial charge in [-0.2, -0.15) is 0 Å². The second-order valence-corrected chi connectivity index (χ2v) is 6.38. The van der Waals surface area contributed by atoms with Crippen LogP contribution in [0, 0.1) is 25.1 Å². The van der Waals surface area contributed by atoms with Crippen LogP contribution in [0.1, 0.15) is 21.1 Å². The highest BCUT2D eigenvalue weighted by Gasteiger charge is 2.22. The van der Waals surface area contributed by atoms with Crippen molar-refractivity contribution in [2.24, 2.45) is 0 Å². The number of nitrogens with zero attached hydrogens (tertiary/aromatic N) is 2. The van der Waals surface area contributed by atoms with Crippen LogP contribution in [0.4, 0.5) is 4.39 Å². The molecule has 126 valence electrons. The third kappa shape index (κ3) is 3.78. The first-order valence-corrected chi connectivity index (χ1v) is 8.38. The second-order valence-electron chi connectivity index (χ2n) is 5.39. The van der Waals surface area contributed by atoms with Crippen LogP contribution in [-0.2, 0) is 6.54 Å². The predicted molar refractivity (Wildman–Crippen MR) is 94.5 cm³/mol. The zero-order chi connectivity index (χ0) is 17.8. The number of halogens is 1. The van der Waals surface area contributed by atoms with E-state index >= 15 is 0 Å². The fraction of sp³-hybridized carbons (Fsp3) is 0.158. The summed E-state index contributed by atoms with van der Waals surface area (Å²) in [7, 11) is 0. The second kappa shape index (κ2) is 7.32. The van der Waals surface area contributed by atoms with Gasteiger partial charge in [0.25, 0.3) is 5.91 Å². The van der Waals surface area contributed by atoms with E-state index in [1.54, 1.807) is 37.5 Å². The van der Waals surface area contributed by atoms with Crippen LogP contribution in [0.25, 0.3) is 10.6 Å². The normalized spacial score (nSPS) is 10.4. The first-order chi connectivity index (χ1) is 12.1. The monoisotopic (exact) mass is 354 g/mol. The van der Waals surface area contributed by atoms with Crippen molar-refractivity contribution in [3.05, 3.63) is 64.8 Å². The molecule has 2 heterocycles. The number of carbonyl (C=O) groups is 1. The van der Waals surface area contributed by atoms with Gasteiger partial charge in [0.05, 0.1) is 25.0 Å². The molecule has 0 spiro atoms. The number of furan rings is 1. The van der Waals surface area contributed by atoms with Gasteiger partial charge < -0.3 is 9.32 Å². The van der Waals surface area contributed by atoms with Gasteiger partial charge in [0, 0.05) is 5.56 Å². The lowest BCUT2D eigenvalue weighted by Gasteiger charge is -2.18. The number of amides is 1. The molecule has 1 aromatic carbocycles. The Hall–Kier alpha value is -2.91. The summed E-state index contributed by atoms with van der Waals surface area (Å²) in [5.41, 5.74) is 1.39. The van der Waals surface area contributed by atoms with Gasteiger partial charge in [-0.15, -0.1) is 17.8 Å². The lowest BCUT2D eigenvalue weighted by molar-refractivity contribution is 0.0759. The summed E-state index contributed by atoms with van der Waals surface area (Å²) in [6.45, 7) is 2.24. The van der Waals surface area contributed by atoms with Crippen LogP contribution in [0.2, 0.25) is 0 Å². The zero-order valence-corrected chi connectivity index (χ0v) is 14.3. The molecule has 0 saturated carbocycles. The maximum atomic E-state index is 13.1. The Labute approximate surface area is 148 Å². The van der Waals surface area contributed by atoms with Crippen LogP contribution in [0.3, 0.4) is 0 Å². The van der Waals surface area contributed by atoms with Crippen molar-refractivity contribution in [2.75, 3.05) is 6.54 Å². The molecule has 0 bridgehead atoms. The third-order valence-electron chi connectivity index (χ3n) is 3.58. The molecular formula is C19H15FN2O2S. The summed E-state index contributed by atoms with van der Waals surface area (Å²) in [5.74, 6) is 2.65. The van der Waals surface area contributed by atoms with Crippen molar-refractivity contribution in [1.29, 1.82) is 0 Å². The number of aryl methyl sites for hydroxylation is 1. The standard InChI is InChI=1S/C19H15FN2O2S/c1-3-10-22(12-16-5-4-11-24-16)19(23)17-13(2)21-18(25-17)14-6-8-15(20)9-7-14/h1,4-9,11H,10,12H2,2H3. The van der Waals surface area contributed by atoms with Crippen LogP contribution < -0.4 is 0 Å². The molecule has 0 fully saturated rings. The fourth-order valence-electron chi connectivity index (χ4n) is 2.35. The highest BCUT2D eigenvalue weighted by molar-refractivity contribution is 7.17. The van der Waals surface area contributed by atoms with Crippen molar-refractivity contribution < 1.29 is 13.6 Å². The van der Waals surface area contributed by atoms with Crippen LogP contribution in [0.5, 0.6) is 0 Å². The summed E-state index contributed by atoms with van der Waals surface area (Å²) in [4.78, 5) is 19.4. The number of benzene rings is 1. The number of hydrogen-bond donors (Lipinski definition) is 0. The Morgan fingerprint density at radius 3 is 2.76 bits per heavy atom. The van der Waals surface area contributed by atoms with E-state index in [0.29, 0.717) is 27.9 Å². The van der Waals surface area contributed by atoms with Gasteiger partial charge in [0.2, 0.25) is 0 Å². The topological polar surface area (TPSA) is 46.3 Å². The van der Waals surface area contributed by atoms with Crippen molar-refractivity contribution in [3.8, 4) is 22.9 Å². The van der Waals surface area contributed by atoms with Gasteiger partial charge in [0.15, 0.2) is 0 Å². The van der Waals surface area contributed by atoms with E-state index in [-0.39, 0.29) is 18.3 Å². The summed E-state index contributed by atoms with van der Waals surface area (Å²) in [5, 5.41) is 0.666. The largest absolute Gasteiger partial charge is 0.467 e. The minimum Gasteiger partial charge on any atom is -0.467 e. The van der Waals surface area contributed by atoms with Gasteiger partial charge in [-0.25, -0.2) is 9.37 Å². The molecule has 3 aromatic rings. The molecule has 0 radical (unpaired) electrons. The van der Waals surface area contributed by atoms with E-state index in [4.69, 9.17) is 10.8 Å². The molecular weight excluding hydrogens is 339 g/mol. The Bertz CT molecular complexity index is 908. The highest BCUT2D eigenvalue weighted by Crippen LogP contribution is 2.29. The first-order valence-electron chi connectivity index (χ1n) is 7.57. The lowest BCUT2D eigenvalue weighted by Crippen LogP contribution is -2.30. The van der Waals surface area contributed by atoms with Crippen molar-refractivity contribution in [3.63, 3.8) is 0 Å². The smallest absolute Gasteiger partial charge is 0.267 e. The van der Waals surface area contributed by atoms with E-state index < -0.39 is 0 Å². The Balaban J connectivity index is 1.87. The minimum absolute atomic E-state index is 0.169. The Kier molecular flexibility index (Phi) is 4.96. The van der Waals surface area contributed by atoms with E-state index in [1.165, 1.54) is 28.4 Å². The maximum Gasteiger partial charge on any atom is 0.267 e. The number of thiazole rings is 1. The minimum atomic E-state index is -0.313. The SMILES string of the molecule is C#CCN(Cc1ccco1)C(=O)c1sc(-c2ccc(F)cc2)nc1C. The molecule has 4 nitrogen and oxygen atoms in total. The van der Waals surface area contributed by atoms with Gasteiger partial charge in [-0.3, -0.25) is 4.79 Å². The number of aromatic nitrogens is 1. The van der Waals surface area contributed by atoms with E-state index in [0.717, 1.165) is 5.56 Å². The average Bonchev–Trinajstić information content (AvgIpc) is 3.24. The number of carbonyl (C=O) groups excluding carboxylic acids is 1. The summed E-state index contributed by atoms with van der Waals surface area (Å²) < 4.78 is 18.4. The zero-order valence-electron chi connectivity index (χ0n) is 13.5. The molecule has 0 unspecified atom stereocenters. The molecule has 6 heteroatoms. The quantitative estimate of drug-likeness (QED) is 0.647. The third-order valence-corrected chi connectivity index (χ3v) is 4.77. The number of terminal acetylenes is 1. The molecule has 3 rings (SSSR count). The van der Waals surface area contributed by atoms with E-state index in [2.05, 4.69) is 10.9 Å². The van der Waals surface area contributed by atoms with Crippen molar-refractivity contribution in [1.82, 2.24) is 9.88 Å². The molecule has 2 aromatic heterocycles. The van der Waals surface area contributed by atoms with Gasteiger partial charge in [0.1, 0.15) is 21.5 Å². The van der Waals surface area contributed by atoms with E-state index in [1.807, 2.05) is 0 Å². The van der Waals surface area contributed by atoms with Gasteiger partial charge >= 0.3 is 0 Å². The lowest BCUT2D eigenvalue weighted by atomic mass is 10.2. The number of rotatable bonds is 5. The molecule has 0 aliphatic rings. The first kappa shape index (κ1) is 16.9. The average molecular weight is 354 g/mol. The molecule has 0 aliphatic carbocycles. The molecule has 0 N–H and O–H groups in total. The Morgan fingerprint density at radius 2 is 2.12 bits per heavy atom. The van der Waals surface area contributed by atoms with Crippen molar-refractivity contribution in [2.45, 2.75) is 13.5 Å². The molecule has 0 saturated heterocycles. The number of hydrogen-bond acceptors (Lipinski definition) is 4. The van der Waals surface area contributed by atoms with Crippen LogP contribution in [-0.4, -0.2) is 22.3 Å². The molecule has 0 atom stereocenters. The predicted octanol–water partition coefficient (Wildman–Crippen LogP) is 4.13. The van der Waals surface area contributed by atoms with Crippen molar-refractivity contribution >= 4 is 17.2 Å². The highest BCUT2D eigenvalue weighted by atomic mass is 32.1. The fourth-order valence-corrected chi connectivity index (χ4v) is 3.39. The summed E-state index contributed by atoms with van der Waals surface area (Å²) in [6.07, 6.45) is 6.95. The molecule has 0 aliphatic heterocycles. The molecule has 1 amide bonds.